The minimum atomic E-state index is -0.416. The molecule has 0 spiro atoms. The SMILES string of the molecule is COc1cccc2c1CCN(C(=O)C1CCC(=O)N1)C2c1ccccc1. The van der Waals surface area contributed by atoms with Crippen LogP contribution in [0.3, 0.4) is 0 Å². The van der Waals surface area contributed by atoms with Crippen molar-refractivity contribution in [3.05, 3.63) is 65.2 Å². The summed E-state index contributed by atoms with van der Waals surface area (Å²) < 4.78 is 5.55. The van der Waals surface area contributed by atoms with Gasteiger partial charge in [0.2, 0.25) is 11.8 Å². The van der Waals surface area contributed by atoms with Gasteiger partial charge in [-0.25, -0.2) is 0 Å². The number of benzene rings is 2. The number of rotatable bonds is 3. The molecule has 26 heavy (non-hydrogen) atoms. The summed E-state index contributed by atoms with van der Waals surface area (Å²) in [5.74, 6) is 0.821. The molecule has 5 heteroatoms. The van der Waals surface area contributed by atoms with Crippen LogP contribution in [0.5, 0.6) is 5.75 Å². The molecule has 134 valence electrons. The van der Waals surface area contributed by atoms with Gasteiger partial charge in [-0.3, -0.25) is 9.59 Å². The van der Waals surface area contributed by atoms with E-state index >= 15 is 0 Å². The second-order valence-corrected chi connectivity index (χ2v) is 6.78. The Balaban J connectivity index is 1.77. The fraction of sp³-hybridized carbons (Fsp3) is 0.333. The van der Waals surface area contributed by atoms with Crippen LogP contribution in [0.25, 0.3) is 0 Å². The van der Waals surface area contributed by atoms with Gasteiger partial charge in [0.05, 0.1) is 13.2 Å². The first-order valence-corrected chi connectivity index (χ1v) is 8.99. The molecule has 2 aliphatic rings. The fourth-order valence-electron chi connectivity index (χ4n) is 4.06. The molecule has 0 aliphatic carbocycles. The fourth-order valence-corrected chi connectivity index (χ4v) is 4.06. The zero-order valence-electron chi connectivity index (χ0n) is 14.8. The summed E-state index contributed by atoms with van der Waals surface area (Å²) in [6.45, 7) is 0.609. The lowest BCUT2D eigenvalue weighted by atomic mass is 9.87. The van der Waals surface area contributed by atoms with Crippen molar-refractivity contribution in [1.82, 2.24) is 10.2 Å². The van der Waals surface area contributed by atoms with E-state index in [-0.39, 0.29) is 17.9 Å². The van der Waals surface area contributed by atoms with Crippen molar-refractivity contribution in [3.8, 4) is 5.75 Å². The molecule has 4 rings (SSSR count). The van der Waals surface area contributed by atoms with Gasteiger partial charge in [-0.2, -0.15) is 0 Å². The first kappa shape index (κ1) is 16.6. The van der Waals surface area contributed by atoms with Crippen LogP contribution in [0.4, 0.5) is 0 Å². The molecule has 1 fully saturated rings. The maximum Gasteiger partial charge on any atom is 0.245 e. The number of nitrogens with one attached hydrogen (secondary N) is 1. The molecule has 2 aromatic rings. The van der Waals surface area contributed by atoms with Gasteiger partial charge in [0.1, 0.15) is 11.8 Å². The molecule has 2 heterocycles. The van der Waals surface area contributed by atoms with Gasteiger partial charge in [-0.1, -0.05) is 42.5 Å². The monoisotopic (exact) mass is 350 g/mol. The minimum Gasteiger partial charge on any atom is -0.496 e. The van der Waals surface area contributed by atoms with Crippen LogP contribution in [-0.2, 0) is 16.0 Å². The predicted octanol–water partition coefficient (Wildman–Crippen LogP) is 2.45. The van der Waals surface area contributed by atoms with Crippen molar-refractivity contribution >= 4 is 11.8 Å². The number of carbonyl (C=O) groups is 2. The minimum absolute atomic E-state index is 0.00169. The summed E-state index contributed by atoms with van der Waals surface area (Å²) in [5.41, 5.74) is 3.32. The van der Waals surface area contributed by atoms with Crippen molar-refractivity contribution < 1.29 is 14.3 Å². The number of ether oxygens (including phenoxy) is 1. The third kappa shape index (κ3) is 2.83. The first-order chi connectivity index (χ1) is 12.7. The summed E-state index contributed by atoms with van der Waals surface area (Å²) in [6.07, 6.45) is 1.74. The number of hydrogen-bond acceptors (Lipinski definition) is 3. The largest absolute Gasteiger partial charge is 0.496 e. The molecule has 2 atom stereocenters. The molecule has 2 aromatic carbocycles. The van der Waals surface area contributed by atoms with Gasteiger partial charge in [-0.15, -0.1) is 0 Å². The molecule has 0 radical (unpaired) electrons. The highest BCUT2D eigenvalue weighted by Crippen LogP contribution is 2.39. The van der Waals surface area contributed by atoms with E-state index in [0.717, 1.165) is 28.9 Å². The highest BCUT2D eigenvalue weighted by molar-refractivity contribution is 5.91. The van der Waals surface area contributed by atoms with Crippen molar-refractivity contribution in [2.45, 2.75) is 31.3 Å². The standard InChI is InChI=1S/C21H22N2O3/c1-26-18-9-5-8-16-15(18)12-13-23(20(16)14-6-3-2-4-7-14)21(25)17-10-11-19(24)22-17/h2-9,17,20H,10-13H2,1H3,(H,22,24). The Morgan fingerprint density at radius 2 is 1.92 bits per heavy atom. The van der Waals surface area contributed by atoms with Crippen LogP contribution in [-0.4, -0.2) is 36.4 Å². The van der Waals surface area contributed by atoms with Gasteiger partial charge in [-0.05, 0) is 30.0 Å². The number of nitrogens with zero attached hydrogens (tertiary/aromatic N) is 1. The number of carbonyl (C=O) groups excluding carboxylic acids is 2. The van der Waals surface area contributed by atoms with E-state index in [1.54, 1.807) is 7.11 Å². The summed E-state index contributed by atoms with van der Waals surface area (Å²) in [6, 6.07) is 15.5. The third-order valence-corrected chi connectivity index (χ3v) is 5.29. The Labute approximate surface area is 153 Å². The molecule has 1 N–H and O–H groups in total. The van der Waals surface area contributed by atoms with Crippen LogP contribution in [0, 0.1) is 0 Å². The summed E-state index contributed by atoms with van der Waals surface area (Å²) in [5, 5.41) is 2.81. The van der Waals surface area contributed by atoms with E-state index in [1.807, 2.05) is 47.4 Å². The number of fused-ring (bicyclic) bond motifs is 1. The van der Waals surface area contributed by atoms with E-state index < -0.39 is 6.04 Å². The average Bonchev–Trinajstić information content (AvgIpc) is 3.13. The van der Waals surface area contributed by atoms with Gasteiger partial charge in [0.15, 0.2) is 0 Å². The molecule has 2 aliphatic heterocycles. The van der Waals surface area contributed by atoms with Gasteiger partial charge < -0.3 is 15.0 Å². The van der Waals surface area contributed by atoms with Gasteiger partial charge >= 0.3 is 0 Å². The lowest BCUT2D eigenvalue weighted by Gasteiger charge is -2.39. The summed E-state index contributed by atoms with van der Waals surface area (Å²) in [4.78, 5) is 26.7. The third-order valence-electron chi connectivity index (χ3n) is 5.29. The van der Waals surface area contributed by atoms with Gasteiger partial charge in [0, 0.05) is 18.5 Å². The Morgan fingerprint density at radius 1 is 1.12 bits per heavy atom. The molecular weight excluding hydrogens is 328 g/mol. The second-order valence-electron chi connectivity index (χ2n) is 6.78. The van der Waals surface area contributed by atoms with Crippen LogP contribution in [0.1, 0.15) is 35.6 Å². The molecule has 0 aromatic heterocycles. The Bertz CT molecular complexity index is 834. The van der Waals surface area contributed by atoms with Crippen LogP contribution in [0.15, 0.2) is 48.5 Å². The first-order valence-electron chi connectivity index (χ1n) is 8.99. The lowest BCUT2D eigenvalue weighted by molar-refractivity contribution is -0.136. The summed E-state index contributed by atoms with van der Waals surface area (Å²) in [7, 11) is 1.68. The Morgan fingerprint density at radius 3 is 2.62 bits per heavy atom. The maximum absolute atomic E-state index is 13.2. The molecule has 5 nitrogen and oxygen atoms in total. The van der Waals surface area contributed by atoms with E-state index in [1.165, 1.54) is 0 Å². The van der Waals surface area contributed by atoms with Crippen molar-refractivity contribution in [2.24, 2.45) is 0 Å². The van der Waals surface area contributed by atoms with E-state index in [0.29, 0.717) is 19.4 Å². The van der Waals surface area contributed by atoms with E-state index in [2.05, 4.69) is 11.4 Å². The zero-order valence-corrected chi connectivity index (χ0v) is 14.8. The molecule has 0 saturated carbocycles. The van der Waals surface area contributed by atoms with Crippen LogP contribution in [0.2, 0.25) is 0 Å². The number of methoxy groups -OCH3 is 1. The predicted molar refractivity (Wildman–Crippen MR) is 97.9 cm³/mol. The van der Waals surface area contributed by atoms with Crippen LogP contribution >= 0.6 is 0 Å². The van der Waals surface area contributed by atoms with Crippen molar-refractivity contribution in [3.63, 3.8) is 0 Å². The van der Waals surface area contributed by atoms with Gasteiger partial charge in [0.25, 0.3) is 0 Å². The molecule has 0 bridgehead atoms. The summed E-state index contributed by atoms with van der Waals surface area (Å²) >= 11 is 0. The molecular formula is C21H22N2O3. The van der Waals surface area contributed by atoms with Crippen LogP contribution < -0.4 is 10.1 Å². The quantitative estimate of drug-likeness (QED) is 0.925. The second kappa shape index (κ2) is 6.83. The smallest absolute Gasteiger partial charge is 0.245 e. The normalized spacial score (nSPS) is 21.9. The average molecular weight is 350 g/mol. The number of amides is 2. The molecule has 1 saturated heterocycles. The highest BCUT2D eigenvalue weighted by atomic mass is 16.5. The number of hydrogen-bond donors (Lipinski definition) is 1. The van der Waals surface area contributed by atoms with E-state index in [9.17, 15) is 9.59 Å². The van der Waals surface area contributed by atoms with Crippen molar-refractivity contribution in [1.29, 1.82) is 0 Å². The topological polar surface area (TPSA) is 58.6 Å². The molecule has 2 amide bonds. The van der Waals surface area contributed by atoms with Crippen molar-refractivity contribution in [2.75, 3.05) is 13.7 Å². The van der Waals surface area contributed by atoms with E-state index in [4.69, 9.17) is 4.74 Å². The Hall–Kier alpha value is -2.82. The maximum atomic E-state index is 13.2. The Kier molecular flexibility index (Phi) is 4.37. The highest BCUT2D eigenvalue weighted by Gasteiger charge is 2.38. The zero-order chi connectivity index (χ0) is 18.1. The lowest BCUT2D eigenvalue weighted by Crippen LogP contribution is -2.48. The molecule has 2 unspecified atom stereocenters.